The maximum atomic E-state index is 10.1. The first-order valence-corrected chi connectivity index (χ1v) is 2.10. The highest BCUT2D eigenvalue weighted by atomic mass is 16.4. The summed E-state index contributed by atoms with van der Waals surface area (Å²) in [7, 11) is 0. The van der Waals surface area contributed by atoms with Crippen LogP contribution in [0.15, 0.2) is 6.33 Å². The Bertz CT molecular complexity index is 229. The number of nitrogens with zero attached hydrogens (tertiary/aromatic N) is 3. The predicted octanol–water partition coefficient (Wildman–Crippen LogP) is -0.614. The SMILES string of the molecule is Nc1nncn1C(=O)O. The minimum Gasteiger partial charge on any atom is -0.464 e. The van der Waals surface area contributed by atoms with Crippen LogP contribution >= 0.6 is 0 Å². The second kappa shape index (κ2) is 1.73. The summed E-state index contributed by atoms with van der Waals surface area (Å²) in [5.41, 5.74) is 5.05. The van der Waals surface area contributed by atoms with Crippen LogP contribution in [0.2, 0.25) is 0 Å². The summed E-state index contributed by atoms with van der Waals surface area (Å²) in [4.78, 5) is 10.1. The van der Waals surface area contributed by atoms with Crippen molar-refractivity contribution in [2.75, 3.05) is 5.73 Å². The smallest absolute Gasteiger partial charge is 0.419 e. The molecule has 0 atom stereocenters. The van der Waals surface area contributed by atoms with Crippen LogP contribution in [0.25, 0.3) is 0 Å². The second-order valence-electron chi connectivity index (χ2n) is 1.34. The van der Waals surface area contributed by atoms with Crippen molar-refractivity contribution in [3.63, 3.8) is 0 Å². The summed E-state index contributed by atoms with van der Waals surface area (Å²) in [6.45, 7) is 0. The topological polar surface area (TPSA) is 94.0 Å². The number of rotatable bonds is 0. The van der Waals surface area contributed by atoms with E-state index in [0.717, 1.165) is 10.9 Å². The molecule has 3 N–H and O–H groups in total. The van der Waals surface area contributed by atoms with E-state index in [1.807, 2.05) is 0 Å². The van der Waals surface area contributed by atoms with E-state index in [1.165, 1.54) is 0 Å². The number of aromatic nitrogens is 3. The Morgan fingerprint density at radius 3 is 2.78 bits per heavy atom. The normalized spacial score (nSPS) is 9.33. The molecule has 0 radical (unpaired) electrons. The van der Waals surface area contributed by atoms with Gasteiger partial charge in [-0.15, -0.1) is 10.2 Å². The van der Waals surface area contributed by atoms with Gasteiger partial charge in [-0.1, -0.05) is 0 Å². The highest BCUT2D eigenvalue weighted by Crippen LogP contribution is 1.92. The van der Waals surface area contributed by atoms with Gasteiger partial charge in [0, 0.05) is 0 Å². The average Bonchev–Trinajstić information content (AvgIpc) is 2.13. The number of carboxylic acid groups (broad SMARTS) is 1. The fourth-order valence-electron chi connectivity index (χ4n) is 0.391. The van der Waals surface area contributed by atoms with Crippen molar-refractivity contribution in [2.24, 2.45) is 0 Å². The van der Waals surface area contributed by atoms with E-state index in [9.17, 15) is 4.79 Å². The van der Waals surface area contributed by atoms with Gasteiger partial charge in [0.2, 0.25) is 5.95 Å². The fraction of sp³-hybridized carbons (Fsp3) is 0. The summed E-state index contributed by atoms with van der Waals surface area (Å²) >= 11 is 0. The van der Waals surface area contributed by atoms with Crippen molar-refractivity contribution in [3.8, 4) is 0 Å². The zero-order valence-electron chi connectivity index (χ0n) is 4.35. The molecule has 1 rings (SSSR count). The Hall–Kier alpha value is -1.59. The van der Waals surface area contributed by atoms with Crippen LogP contribution in [0.3, 0.4) is 0 Å². The lowest BCUT2D eigenvalue weighted by Crippen LogP contribution is -2.09. The van der Waals surface area contributed by atoms with Crippen LogP contribution in [0.4, 0.5) is 10.7 Å². The molecule has 6 heteroatoms. The maximum absolute atomic E-state index is 10.1. The van der Waals surface area contributed by atoms with E-state index >= 15 is 0 Å². The number of nitrogens with two attached hydrogens (primary N) is 1. The number of carbonyl (C=O) groups is 1. The lowest BCUT2D eigenvalue weighted by Gasteiger charge is -1.90. The molecule has 48 valence electrons. The van der Waals surface area contributed by atoms with Gasteiger partial charge in [0.15, 0.2) is 0 Å². The van der Waals surface area contributed by atoms with Gasteiger partial charge in [0.1, 0.15) is 6.33 Å². The molecular weight excluding hydrogens is 124 g/mol. The van der Waals surface area contributed by atoms with E-state index in [0.29, 0.717) is 0 Å². The Morgan fingerprint density at radius 2 is 2.56 bits per heavy atom. The molecule has 1 aromatic heterocycles. The maximum Gasteiger partial charge on any atom is 0.419 e. The average molecular weight is 128 g/mol. The lowest BCUT2D eigenvalue weighted by molar-refractivity contribution is 0.196. The predicted molar refractivity (Wildman–Crippen MR) is 27.9 cm³/mol. The van der Waals surface area contributed by atoms with Gasteiger partial charge in [-0.3, -0.25) is 0 Å². The Balaban J connectivity index is 3.08. The van der Waals surface area contributed by atoms with Gasteiger partial charge < -0.3 is 10.8 Å². The summed E-state index contributed by atoms with van der Waals surface area (Å²) in [5.74, 6) is -0.123. The highest BCUT2D eigenvalue weighted by molar-refractivity contribution is 5.70. The van der Waals surface area contributed by atoms with Gasteiger partial charge in [-0.05, 0) is 0 Å². The molecule has 0 aromatic carbocycles. The molecule has 0 aliphatic heterocycles. The molecule has 0 aliphatic rings. The van der Waals surface area contributed by atoms with Gasteiger partial charge in [0.05, 0.1) is 0 Å². The van der Waals surface area contributed by atoms with Crippen LogP contribution in [-0.2, 0) is 0 Å². The van der Waals surface area contributed by atoms with E-state index < -0.39 is 6.09 Å². The number of nitrogen functional groups attached to an aromatic ring is 1. The molecule has 0 saturated carbocycles. The molecule has 0 spiro atoms. The molecule has 0 fully saturated rings. The number of hydrogen-bond donors (Lipinski definition) is 2. The van der Waals surface area contributed by atoms with Gasteiger partial charge in [-0.25, -0.2) is 9.36 Å². The molecule has 1 heterocycles. The Labute approximate surface area is 49.9 Å². The molecule has 0 unspecified atom stereocenters. The van der Waals surface area contributed by atoms with Crippen LogP contribution < -0.4 is 5.73 Å². The Kier molecular flexibility index (Phi) is 1.07. The van der Waals surface area contributed by atoms with E-state index in [1.54, 1.807) is 0 Å². The first-order valence-electron chi connectivity index (χ1n) is 2.10. The van der Waals surface area contributed by atoms with Gasteiger partial charge in [0.25, 0.3) is 0 Å². The molecule has 1 aromatic rings. The van der Waals surface area contributed by atoms with Crippen molar-refractivity contribution < 1.29 is 9.90 Å². The highest BCUT2D eigenvalue weighted by Gasteiger charge is 2.03. The van der Waals surface area contributed by atoms with Crippen LogP contribution in [0, 0.1) is 0 Å². The second-order valence-corrected chi connectivity index (χ2v) is 1.34. The zero-order valence-corrected chi connectivity index (χ0v) is 4.35. The van der Waals surface area contributed by atoms with Crippen LogP contribution in [-0.4, -0.2) is 26.0 Å². The summed E-state index contributed by atoms with van der Waals surface area (Å²) in [5, 5.41) is 14.8. The van der Waals surface area contributed by atoms with Crippen molar-refractivity contribution >= 4 is 12.0 Å². The Morgan fingerprint density at radius 1 is 1.89 bits per heavy atom. The fourth-order valence-corrected chi connectivity index (χ4v) is 0.391. The van der Waals surface area contributed by atoms with Gasteiger partial charge in [-0.2, -0.15) is 0 Å². The number of anilines is 1. The van der Waals surface area contributed by atoms with Gasteiger partial charge >= 0.3 is 6.09 Å². The standard InChI is InChI=1S/C3H4N4O2/c4-2-6-5-1-7(2)3(8)9/h1H,(H2,4,6)(H,8,9). The molecule has 0 amide bonds. The van der Waals surface area contributed by atoms with E-state index in [-0.39, 0.29) is 5.95 Å². The quantitative estimate of drug-likeness (QED) is 0.485. The summed E-state index contributed by atoms with van der Waals surface area (Å²) in [6, 6.07) is 0. The molecule has 0 aliphatic carbocycles. The molecule has 0 saturated heterocycles. The third-order valence-corrected chi connectivity index (χ3v) is 0.780. The molecule has 0 bridgehead atoms. The van der Waals surface area contributed by atoms with E-state index in [2.05, 4.69) is 10.2 Å². The summed E-state index contributed by atoms with van der Waals surface area (Å²) < 4.78 is 0.722. The van der Waals surface area contributed by atoms with Crippen molar-refractivity contribution in [3.05, 3.63) is 6.33 Å². The first kappa shape index (κ1) is 5.54. The largest absolute Gasteiger partial charge is 0.464 e. The lowest BCUT2D eigenvalue weighted by atomic mass is 10.9. The summed E-state index contributed by atoms with van der Waals surface area (Å²) in [6.07, 6.45) is -0.157. The minimum absolute atomic E-state index is 0.123. The van der Waals surface area contributed by atoms with Crippen LogP contribution in [0.1, 0.15) is 0 Å². The van der Waals surface area contributed by atoms with Crippen LogP contribution in [0.5, 0.6) is 0 Å². The third kappa shape index (κ3) is 0.809. The monoisotopic (exact) mass is 128 g/mol. The van der Waals surface area contributed by atoms with Crippen molar-refractivity contribution in [1.29, 1.82) is 0 Å². The number of hydrogen-bond acceptors (Lipinski definition) is 4. The minimum atomic E-state index is -1.18. The van der Waals surface area contributed by atoms with E-state index in [4.69, 9.17) is 10.8 Å². The molecule has 6 nitrogen and oxygen atoms in total. The van der Waals surface area contributed by atoms with Crippen molar-refractivity contribution in [2.45, 2.75) is 0 Å². The molecule has 9 heavy (non-hydrogen) atoms. The molecular formula is C3H4N4O2. The first-order chi connectivity index (χ1) is 4.22. The van der Waals surface area contributed by atoms with Crippen molar-refractivity contribution in [1.82, 2.24) is 14.8 Å². The third-order valence-electron chi connectivity index (χ3n) is 0.780. The zero-order chi connectivity index (χ0) is 6.85.